The van der Waals surface area contributed by atoms with Gasteiger partial charge in [0.05, 0.1) is 25.7 Å². The van der Waals surface area contributed by atoms with E-state index in [1.807, 2.05) is 18.2 Å². The van der Waals surface area contributed by atoms with E-state index < -0.39 is 0 Å². The molecule has 28 heavy (non-hydrogen) atoms. The number of halogens is 1. The summed E-state index contributed by atoms with van der Waals surface area (Å²) in [5.74, 6) is 1.89. The largest absolute Gasteiger partial charge is 0.497 e. The van der Waals surface area contributed by atoms with Crippen LogP contribution in [0.1, 0.15) is 18.2 Å². The van der Waals surface area contributed by atoms with Gasteiger partial charge in [0.25, 0.3) is 0 Å². The molecule has 1 amide bonds. The van der Waals surface area contributed by atoms with Gasteiger partial charge in [0, 0.05) is 29.7 Å². The molecule has 0 bridgehead atoms. The van der Waals surface area contributed by atoms with Gasteiger partial charge in [0.2, 0.25) is 17.6 Å². The molecule has 1 fully saturated rings. The quantitative estimate of drug-likeness (QED) is 0.647. The van der Waals surface area contributed by atoms with Crippen LogP contribution in [0.15, 0.2) is 47.0 Å². The molecule has 1 saturated heterocycles. The lowest BCUT2D eigenvalue weighted by Crippen LogP contribution is -2.24. The van der Waals surface area contributed by atoms with E-state index in [1.165, 1.54) is 0 Å². The topological polar surface area (TPSA) is 77.7 Å². The van der Waals surface area contributed by atoms with Crippen LogP contribution in [-0.4, -0.2) is 36.8 Å². The van der Waals surface area contributed by atoms with Crippen LogP contribution >= 0.6 is 11.6 Å². The van der Waals surface area contributed by atoms with Crippen LogP contribution in [0.5, 0.6) is 11.5 Å². The van der Waals surface area contributed by atoms with E-state index in [0.717, 1.165) is 5.69 Å². The lowest BCUT2D eigenvalue weighted by molar-refractivity contribution is -0.117. The first-order valence-electron chi connectivity index (χ1n) is 8.71. The lowest BCUT2D eigenvalue weighted by Gasteiger charge is -2.16. The van der Waals surface area contributed by atoms with Crippen LogP contribution < -0.4 is 14.4 Å². The molecule has 0 saturated carbocycles. The minimum Gasteiger partial charge on any atom is -0.497 e. The number of anilines is 1. The third-order valence-corrected chi connectivity index (χ3v) is 4.92. The van der Waals surface area contributed by atoms with E-state index in [0.29, 0.717) is 46.8 Å². The fourth-order valence-corrected chi connectivity index (χ4v) is 3.44. The molecular weight excluding hydrogens is 382 g/mol. The minimum absolute atomic E-state index is 0.00551. The number of hydrogen-bond acceptors (Lipinski definition) is 6. The number of amides is 1. The summed E-state index contributed by atoms with van der Waals surface area (Å²) < 4.78 is 16.1. The zero-order valence-electron chi connectivity index (χ0n) is 15.4. The molecule has 2 aromatic carbocycles. The third kappa shape index (κ3) is 3.41. The molecule has 7 nitrogen and oxygen atoms in total. The van der Waals surface area contributed by atoms with E-state index >= 15 is 0 Å². The highest BCUT2D eigenvalue weighted by Crippen LogP contribution is 2.35. The van der Waals surface area contributed by atoms with Gasteiger partial charge in [-0.25, -0.2) is 0 Å². The van der Waals surface area contributed by atoms with E-state index in [4.69, 9.17) is 25.6 Å². The van der Waals surface area contributed by atoms with Gasteiger partial charge in [-0.1, -0.05) is 22.8 Å². The zero-order chi connectivity index (χ0) is 19.7. The molecule has 8 heteroatoms. The highest BCUT2D eigenvalue weighted by atomic mass is 35.5. The number of benzene rings is 2. The molecule has 1 aromatic heterocycles. The third-order valence-electron chi connectivity index (χ3n) is 4.69. The summed E-state index contributed by atoms with van der Waals surface area (Å²) in [7, 11) is 3.15. The van der Waals surface area contributed by atoms with Crippen molar-refractivity contribution in [3.63, 3.8) is 0 Å². The van der Waals surface area contributed by atoms with Crippen LogP contribution in [0, 0.1) is 0 Å². The molecule has 144 valence electrons. The summed E-state index contributed by atoms with van der Waals surface area (Å²) in [6, 6.07) is 12.6. The lowest BCUT2D eigenvalue weighted by atomic mass is 10.1. The Hall–Kier alpha value is -3.06. The van der Waals surface area contributed by atoms with Crippen molar-refractivity contribution in [1.29, 1.82) is 0 Å². The van der Waals surface area contributed by atoms with Crippen molar-refractivity contribution < 1.29 is 18.8 Å². The Bertz CT molecular complexity index is 1020. The normalized spacial score (nSPS) is 16.5. The van der Waals surface area contributed by atoms with E-state index in [1.54, 1.807) is 43.4 Å². The molecule has 4 rings (SSSR count). The maximum absolute atomic E-state index is 12.5. The Labute approximate surface area is 166 Å². The number of methoxy groups -OCH3 is 2. The van der Waals surface area contributed by atoms with Gasteiger partial charge >= 0.3 is 0 Å². The Morgan fingerprint density at radius 3 is 2.79 bits per heavy atom. The van der Waals surface area contributed by atoms with Crippen molar-refractivity contribution in [1.82, 2.24) is 10.1 Å². The van der Waals surface area contributed by atoms with Gasteiger partial charge in [-0.15, -0.1) is 0 Å². The van der Waals surface area contributed by atoms with Gasteiger partial charge in [-0.3, -0.25) is 4.79 Å². The standard InChI is InChI=1S/C20H18ClN3O4/c1-26-15-6-7-16(17(10-15)27-2)19-22-20(28-23-19)12-8-18(25)24(11-12)14-5-3-4-13(21)9-14/h3-7,9-10,12H,8,11H2,1-2H3/t12-/m1/s1. The molecule has 0 N–H and O–H groups in total. The van der Waals surface area contributed by atoms with Gasteiger partial charge in [-0.05, 0) is 30.3 Å². The van der Waals surface area contributed by atoms with Crippen LogP contribution in [0.2, 0.25) is 5.02 Å². The fourth-order valence-electron chi connectivity index (χ4n) is 3.26. The number of ether oxygens (including phenoxy) is 2. The second kappa shape index (κ2) is 7.52. The van der Waals surface area contributed by atoms with Crippen molar-refractivity contribution in [2.24, 2.45) is 0 Å². The molecule has 3 aromatic rings. The van der Waals surface area contributed by atoms with E-state index in [-0.39, 0.29) is 11.8 Å². The zero-order valence-corrected chi connectivity index (χ0v) is 16.1. The molecule has 2 heterocycles. The molecular formula is C20H18ClN3O4. The second-order valence-corrected chi connectivity index (χ2v) is 6.84. The highest BCUT2D eigenvalue weighted by molar-refractivity contribution is 6.30. The molecule has 0 radical (unpaired) electrons. The molecule has 0 unspecified atom stereocenters. The molecule has 1 aliphatic heterocycles. The van der Waals surface area contributed by atoms with Crippen LogP contribution in [0.3, 0.4) is 0 Å². The fraction of sp³-hybridized carbons (Fsp3) is 0.250. The van der Waals surface area contributed by atoms with Crippen molar-refractivity contribution >= 4 is 23.2 Å². The monoisotopic (exact) mass is 399 g/mol. The van der Waals surface area contributed by atoms with Crippen LogP contribution in [0.4, 0.5) is 5.69 Å². The first-order chi connectivity index (χ1) is 13.6. The average Bonchev–Trinajstić information content (AvgIpc) is 3.34. The molecule has 1 aliphatic rings. The van der Waals surface area contributed by atoms with Gasteiger partial charge < -0.3 is 18.9 Å². The SMILES string of the molecule is COc1ccc(-c2noc([C@@H]3CC(=O)N(c4cccc(Cl)c4)C3)n2)c(OC)c1. The summed E-state index contributed by atoms with van der Waals surface area (Å²) in [5.41, 5.74) is 1.45. The van der Waals surface area contributed by atoms with E-state index in [9.17, 15) is 4.79 Å². The first-order valence-corrected chi connectivity index (χ1v) is 9.08. The number of rotatable bonds is 5. The first kappa shape index (κ1) is 18.3. The molecule has 1 atom stereocenters. The van der Waals surface area contributed by atoms with Crippen LogP contribution in [0.25, 0.3) is 11.4 Å². The summed E-state index contributed by atoms with van der Waals surface area (Å²) in [5, 5.41) is 4.66. The number of nitrogens with zero attached hydrogens (tertiary/aromatic N) is 3. The summed E-state index contributed by atoms with van der Waals surface area (Å²) in [6.45, 7) is 0.459. The Morgan fingerprint density at radius 1 is 1.18 bits per heavy atom. The smallest absolute Gasteiger partial charge is 0.232 e. The van der Waals surface area contributed by atoms with Crippen molar-refractivity contribution in [2.75, 3.05) is 25.7 Å². The van der Waals surface area contributed by atoms with Crippen molar-refractivity contribution in [3.8, 4) is 22.9 Å². The molecule has 0 spiro atoms. The maximum Gasteiger partial charge on any atom is 0.232 e. The minimum atomic E-state index is -0.183. The summed E-state index contributed by atoms with van der Waals surface area (Å²) in [6.07, 6.45) is 0.299. The Morgan fingerprint density at radius 2 is 2.04 bits per heavy atom. The molecule has 0 aliphatic carbocycles. The summed E-state index contributed by atoms with van der Waals surface area (Å²) >= 11 is 6.05. The van der Waals surface area contributed by atoms with Gasteiger partial charge in [0.15, 0.2) is 0 Å². The highest BCUT2D eigenvalue weighted by Gasteiger charge is 2.35. The average molecular weight is 400 g/mol. The van der Waals surface area contributed by atoms with Crippen LogP contribution in [-0.2, 0) is 4.79 Å². The predicted octanol–water partition coefficient (Wildman–Crippen LogP) is 3.93. The van der Waals surface area contributed by atoms with E-state index in [2.05, 4.69) is 10.1 Å². The predicted molar refractivity (Wildman–Crippen MR) is 104 cm³/mol. The Balaban J connectivity index is 1.58. The van der Waals surface area contributed by atoms with Crippen molar-refractivity contribution in [2.45, 2.75) is 12.3 Å². The van der Waals surface area contributed by atoms with Crippen molar-refractivity contribution in [3.05, 3.63) is 53.4 Å². The number of carbonyl (C=O) groups excluding carboxylic acids is 1. The number of carbonyl (C=O) groups is 1. The maximum atomic E-state index is 12.5. The van der Waals surface area contributed by atoms with Gasteiger partial charge in [0.1, 0.15) is 11.5 Å². The van der Waals surface area contributed by atoms with Gasteiger partial charge in [-0.2, -0.15) is 4.98 Å². The Kier molecular flexibility index (Phi) is 4.92. The summed E-state index contributed by atoms with van der Waals surface area (Å²) in [4.78, 5) is 18.7. The number of aromatic nitrogens is 2. The number of hydrogen-bond donors (Lipinski definition) is 0. The second-order valence-electron chi connectivity index (χ2n) is 6.41.